The van der Waals surface area contributed by atoms with E-state index in [0.717, 1.165) is 17.5 Å². The molecule has 0 unspecified atom stereocenters. The summed E-state index contributed by atoms with van der Waals surface area (Å²) in [4.78, 5) is 11.7. The summed E-state index contributed by atoms with van der Waals surface area (Å²) in [5.74, 6) is -0.0770. The maximum Gasteiger partial charge on any atom is 0.238 e. The molecule has 1 saturated heterocycles. The van der Waals surface area contributed by atoms with Gasteiger partial charge in [0.25, 0.3) is 0 Å². The highest BCUT2D eigenvalue weighted by molar-refractivity contribution is 5.92. The molecule has 7 N–H and O–H groups in total. The molecule has 2 aromatic rings. The van der Waals surface area contributed by atoms with Crippen molar-refractivity contribution < 1.29 is 34.7 Å². The number of benzene rings is 2. The zero-order chi connectivity index (χ0) is 24.1. The first-order valence-corrected chi connectivity index (χ1v) is 11.0. The minimum Gasteiger partial charge on any atom is -0.462 e. The van der Waals surface area contributed by atoms with Crippen molar-refractivity contribution in [3.63, 3.8) is 0 Å². The van der Waals surface area contributed by atoms with Crippen LogP contribution in [0.15, 0.2) is 42.5 Å². The van der Waals surface area contributed by atoms with Crippen molar-refractivity contribution in [2.75, 3.05) is 11.9 Å². The summed E-state index contributed by atoms with van der Waals surface area (Å²) in [6, 6.07) is 13.2. The van der Waals surface area contributed by atoms with E-state index in [0.29, 0.717) is 17.9 Å². The van der Waals surface area contributed by atoms with Gasteiger partial charge in [-0.3, -0.25) is 4.79 Å². The number of hydrogen-bond donors (Lipinski definition) is 6. The number of rotatable bonds is 8. The molecule has 1 fully saturated rings. The third-order valence-electron chi connectivity index (χ3n) is 5.69. The van der Waals surface area contributed by atoms with E-state index in [4.69, 9.17) is 15.2 Å². The zero-order valence-corrected chi connectivity index (χ0v) is 18.7. The van der Waals surface area contributed by atoms with Gasteiger partial charge >= 0.3 is 0 Å². The van der Waals surface area contributed by atoms with Crippen LogP contribution in [0.3, 0.4) is 0 Å². The number of carbonyl (C=O) groups excluding carboxylic acids is 1. The van der Waals surface area contributed by atoms with E-state index < -0.39 is 36.8 Å². The lowest BCUT2D eigenvalue weighted by Crippen LogP contribution is -2.61. The summed E-state index contributed by atoms with van der Waals surface area (Å²) >= 11 is 0. The highest BCUT2D eigenvalue weighted by Gasteiger charge is 2.46. The summed E-state index contributed by atoms with van der Waals surface area (Å²) in [5, 5.41) is 43.3. The maximum atomic E-state index is 11.7. The molecule has 1 aliphatic rings. The van der Waals surface area contributed by atoms with Gasteiger partial charge < -0.3 is 41.0 Å². The van der Waals surface area contributed by atoms with Gasteiger partial charge in [0.2, 0.25) is 12.2 Å². The lowest BCUT2D eigenvalue weighted by Gasteiger charge is -2.41. The average molecular weight is 461 g/mol. The molecule has 0 radical (unpaired) electrons. The molecule has 0 aromatic heterocycles. The number of aliphatic hydroxyl groups excluding tert-OH is 4. The summed E-state index contributed by atoms with van der Waals surface area (Å²) in [6.45, 7) is 3.30. The van der Waals surface area contributed by atoms with Crippen molar-refractivity contribution in [2.45, 2.75) is 63.5 Å². The average Bonchev–Trinajstić information content (AvgIpc) is 2.81. The minimum absolute atomic E-state index is 0.188. The van der Waals surface area contributed by atoms with E-state index in [2.05, 4.69) is 12.2 Å². The lowest BCUT2D eigenvalue weighted by atomic mass is 9.96. The van der Waals surface area contributed by atoms with Gasteiger partial charge in [0.05, 0.1) is 12.6 Å². The van der Waals surface area contributed by atoms with Gasteiger partial charge in [0.1, 0.15) is 30.2 Å². The summed E-state index contributed by atoms with van der Waals surface area (Å²) in [5.41, 5.74) is 8.80. The van der Waals surface area contributed by atoms with Crippen molar-refractivity contribution >= 4 is 11.6 Å². The van der Waals surface area contributed by atoms with E-state index >= 15 is 0 Å². The first kappa shape index (κ1) is 25.1. The molecule has 0 aliphatic carbocycles. The van der Waals surface area contributed by atoms with Crippen LogP contribution in [0.4, 0.5) is 5.69 Å². The molecule has 180 valence electrons. The van der Waals surface area contributed by atoms with Gasteiger partial charge in [0, 0.05) is 18.2 Å². The van der Waals surface area contributed by atoms with Gasteiger partial charge in [-0.2, -0.15) is 0 Å². The first-order chi connectivity index (χ1) is 15.7. The number of nitrogens with one attached hydrogen (secondary N) is 1. The van der Waals surface area contributed by atoms with Gasteiger partial charge in [-0.1, -0.05) is 37.3 Å². The van der Waals surface area contributed by atoms with Crippen LogP contribution >= 0.6 is 0 Å². The monoisotopic (exact) mass is 460 g/mol. The molecule has 33 heavy (non-hydrogen) atoms. The number of ether oxygens (including phenoxy) is 2. The Morgan fingerprint density at radius 2 is 1.76 bits per heavy atom. The van der Waals surface area contributed by atoms with Crippen molar-refractivity contribution in [2.24, 2.45) is 5.73 Å². The Kier molecular flexibility index (Phi) is 8.41. The summed E-state index contributed by atoms with van der Waals surface area (Å²) in [6.07, 6.45) is -6.81. The number of anilines is 1. The number of carbonyl (C=O) groups is 1. The fraction of sp³-hybridized carbons (Fsp3) is 0.458. The molecule has 0 spiro atoms. The van der Waals surface area contributed by atoms with E-state index in [-0.39, 0.29) is 12.5 Å². The molecule has 9 nitrogen and oxygen atoms in total. The van der Waals surface area contributed by atoms with Gasteiger partial charge in [0.15, 0.2) is 0 Å². The van der Waals surface area contributed by atoms with Crippen LogP contribution in [0.2, 0.25) is 0 Å². The van der Waals surface area contributed by atoms with E-state index in [1.807, 2.05) is 24.3 Å². The fourth-order valence-electron chi connectivity index (χ4n) is 3.71. The standard InChI is InChI=1S/C24H32N2O7/c1-3-14-4-6-15(7-5-14)10-16-8-9-17(26-19(28)12-25)11-18(16)32-24-22(31)20(29)21(30)23(33-24)13(2)27/h4-9,11,13,20-24,27,29-31H,3,10,12,25H2,1-2H3,(H,26,28)/t13-,20+,21+,22-,23-,24-/m1/s1. The van der Waals surface area contributed by atoms with Gasteiger partial charge in [-0.05, 0) is 36.1 Å². The summed E-state index contributed by atoms with van der Waals surface area (Å²) in [7, 11) is 0. The SMILES string of the molecule is CCc1ccc(Cc2ccc(NC(=O)CN)cc2O[C@@H]2O[C@H]([C@@H](C)O)[C@@H](O)[C@H](O)[C@H]2O)cc1. The Morgan fingerprint density at radius 3 is 2.36 bits per heavy atom. The zero-order valence-electron chi connectivity index (χ0n) is 18.7. The number of aliphatic hydroxyl groups is 4. The molecule has 2 aromatic carbocycles. The molecule has 1 amide bonds. The number of amides is 1. The molecule has 1 heterocycles. The van der Waals surface area contributed by atoms with Crippen LogP contribution < -0.4 is 15.8 Å². The quantitative estimate of drug-likeness (QED) is 0.329. The second-order valence-corrected chi connectivity index (χ2v) is 8.22. The fourth-order valence-corrected chi connectivity index (χ4v) is 3.71. The van der Waals surface area contributed by atoms with Crippen molar-refractivity contribution in [3.05, 3.63) is 59.2 Å². The lowest BCUT2D eigenvalue weighted by molar-refractivity contribution is -0.286. The molecule has 6 atom stereocenters. The Balaban J connectivity index is 1.90. The molecule has 1 aliphatic heterocycles. The van der Waals surface area contributed by atoms with Crippen molar-refractivity contribution in [3.8, 4) is 5.75 Å². The predicted molar refractivity (Wildman–Crippen MR) is 122 cm³/mol. The molecule has 3 rings (SSSR count). The van der Waals surface area contributed by atoms with Crippen LogP contribution in [0.25, 0.3) is 0 Å². The first-order valence-electron chi connectivity index (χ1n) is 11.0. The highest BCUT2D eigenvalue weighted by atomic mass is 16.7. The smallest absolute Gasteiger partial charge is 0.238 e. The van der Waals surface area contributed by atoms with E-state index in [1.54, 1.807) is 18.2 Å². The molecular weight excluding hydrogens is 428 g/mol. The van der Waals surface area contributed by atoms with Gasteiger partial charge in [-0.25, -0.2) is 0 Å². The molecule has 0 bridgehead atoms. The topological polar surface area (TPSA) is 154 Å². The van der Waals surface area contributed by atoms with Crippen LogP contribution in [-0.4, -0.2) is 69.7 Å². The Morgan fingerprint density at radius 1 is 1.09 bits per heavy atom. The Hall–Kier alpha value is -2.53. The van der Waals surface area contributed by atoms with Gasteiger partial charge in [-0.15, -0.1) is 0 Å². The number of hydrogen-bond acceptors (Lipinski definition) is 8. The van der Waals surface area contributed by atoms with Crippen LogP contribution in [0, 0.1) is 0 Å². The summed E-state index contributed by atoms with van der Waals surface area (Å²) < 4.78 is 11.5. The molecular formula is C24H32N2O7. The van der Waals surface area contributed by atoms with Crippen LogP contribution in [-0.2, 0) is 22.4 Å². The van der Waals surface area contributed by atoms with E-state index in [9.17, 15) is 25.2 Å². The predicted octanol–water partition coefficient (Wildman–Crippen LogP) is 0.304. The number of aryl methyl sites for hydroxylation is 1. The third kappa shape index (κ3) is 6.08. The normalized spacial score (nSPS) is 26.0. The van der Waals surface area contributed by atoms with Crippen LogP contribution in [0.5, 0.6) is 5.75 Å². The molecule has 9 heteroatoms. The minimum atomic E-state index is -1.58. The molecule has 0 saturated carbocycles. The third-order valence-corrected chi connectivity index (χ3v) is 5.69. The van der Waals surface area contributed by atoms with Crippen molar-refractivity contribution in [1.82, 2.24) is 0 Å². The largest absolute Gasteiger partial charge is 0.462 e. The Bertz CT molecular complexity index is 935. The second-order valence-electron chi connectivity index (χ2n) is 8.22. The van der Waals surface area contributed by atoms with Crippen molar-refractivity contribution in [1.29, 1.82) is 0 Å². The highest BCUT2D eigenvalue weighted by Crippen LogP contribution is 2.31. The van der Waals surface area contributed by atoms with E-state index in [1.165, 1.54) is 12.5 Å². The number of nitrogens with two attached hydrogens (primary N) is 1. The Labute approximate surface area is 192 Å². The second kappa shape index (κ2) is 11.1. The maximum absolute atomic E-state index is 11.7. The van der Waals surface area contributed by atoms with Crippen LogP contribution in [0.1, 0.15) is 30.5 Å².